The van der Waals surface area contributed by atoms with E-state index in [1.807, 2.05) is 6.92 Å². The number of halogens is 1. The minimum atomic E-state index is -3.91. The molecule has 1 aromatic heterocycles. The van der Waals surface area contributed by atoms with Crippen LogP contribution in [-0.2, 0) is 21.4 Å². The maximum absolute atomic E-state index is 13.3. The molecule has 0 unspecified atom stereocenters. The second kappa shape index (κ2) is 11.0. The number of H-pyrrole nitrogens is 1. The molecule has 8 nitrogen and oxygen atoms in total. The molecule has 32 heavy (non-hydrogen) atoms. The molecular weight excluding hydrogens is 470 g/mol. The highest BCUT2D eigenvalue weighted by atomic mass is 35.5. The Morgan fingerprint density at radius 1 is 1.16 bits per heavy atom. The standard InChI is InChI=1S/C21H24ClN5O3S2/c1-15-7-9-18(10-8-15)32(29,30)27(13-17-5-3-4-6-19(17)22)14-20(28)23-11-12-31-21-24-16(2)25-26-21/h3-10H,11-14H2,1-2H3,(H,23,28)(H,24,25,26). The number of nitrogens with zero attached hydrogens (tertiary/aromatic N) is 3. The number of nitrogens with one attached hydrogen (secondary N) is 2. The van der Waals surface area contributed by atoms with E-state index in [1.54, 1.807) is 43.3 Å². The van der Waals surface area contributed by atoms with E-state index in [9.17, 15) is 13.2 Å². The van der Waals surface area contributed by atoms with E-state index < -0.39 is 15.9 Å². The number of hydrogen-bond acceptors (Lipinski definition) is 6. The van der Waals surface area contributed by atoms with Gasteiger partial charge in [0.05, 0.1) is 11.4 Å². The molecule has 0 aliphatic rings. The molecular formula is C21H24ClN5O3S2. The average Bonchev–Trinajstić information content (AvgIpc) is 3.17. The van der Waals surface area contributed by atoms with E-state index in [-0.39, 0.29) is 18.0 Å². The van der Waals surface area contributed by atoms with Crippen molar-refractivity contribution in [2.24, 2.45) is 0 Å². The average molecular weight is 494 g/mol. The Labute approximate surface area is 196 Å². The van der Waals surface area contributed by atoms with Crippen molar-refractivity contribution >= 4 is 39.3 Å². The fraction of sp³-hybridized carbons (Fsp3) is 0.286. The first-order chi connectivity index (χ1) is 15.3. The van der Waals surface area contributed by atoms with Crippen LogP contribution in [-0.4, -0.2) is 52.7 Å². The molecule has 1 heterocycles. The van der Waals surface area contributed by atoms with Gasteiger partial charge in [0, 0.05) is 23.9 Å². The lowest BCUT2D eigenvalue weighted by molar-refractivity contribution is -0.121. The normalized spacial score (nSPS) is 11.6. The number of aryl methyl sites for hydroxylation is 2. The molecule has 0 atom stereocenters. The van der Waals surface area contributed by atoms with Gasteiger partial charge in [0.15, 0.2) is 0 Å². The van der Waals surface area contributed by atoms with Crippen LogP contribution in [0.5, 0.6) is 0 Å². The molecule has 0 aliphatic heterocycles. The first-order valence-corrected chi connectivity index (χ1v) is 12.6. The first-order valence-electron chi connectivity index (χ1n) is 9.84. The summed E-state index contributed by atoms with van der Waals surface area (Å²) in [4.78, 5) is 16.9. The third-order valence-corrected chi connectivity index (χ3v) is 7.54. The first kappa shape index (κ1) is 24.2. The summed E-state index contributed by atoms with van der Waals surface area (Å²) in [5, 5.41) is 10.6. The van der Waals surface area contributed by atoms with E-state index in [0.29, 0.717) is 33.9 Å². The summed E-state index contributed by atoms with van der Waals surface area (Å²) in [5.41, 5.74) is 1.56. The minimum Gasteiger partial charge on any atom is -0.354 e. The lowest BCUT2D eigenvalue weighted by Crippen LogP contribution is -2.41. The Morgan fingerprint density at radius 3 is 2.53 bits per heavy atom. The predicted octanol–water partition coefficient (Wildman–Crippen LogP) is 3.17. The molecule has 3 aromatic rings. The van der Waals surface area contributed by atoms with Gasteiger partial charge in [-0.05, 0) is 37.6 Å². The van der Waals surface area contributed by atoms with Gasteiger partial charge in [-0.1, -0.05) is 59.3 Å². The monoisotopic (exact) mass is 493 g/mol. The SMILES string of the molecule is Cc1ccc(S(=O)(=O)N(CC(=O)NCCSc2n[nH]c(C)n2)Cc2ccccc2Cl)cc1. The summed E-state index contributed by atoms with van der Waals surface area (Å²) in [6.45, 7) is 3.69. The Balaban J connectivity index is 1.69. The van der Waals surface area contributed by atoms with Crippen molar-refractivity contribution < 1.29 is 13.2 Å². The van der Waals surface area contributed by atoms with Crippen LogP contribution in [0.1, 0.15) is 17.0 Å². The molecule has 0 saturated heterocycles. The molecule has 0 aliphatic carbocycles. The van der Waals surface area contributed by atoms with Crippen molar-refractivity contribution in [1.29, 1.82) is 0 Å². The molecule has 1 amide bonds. The number of rotatable bonds is 10. The zero-order chi connectivity index (χ0) is 23.1. The second-order valence-electron chi connectivity index (χ2n) is 7.08. The lowest BCUT2D eigenvalue weighted by Gasteiger charge is -2.22. The molecule has 2 aromatic carbocycles. The predicted molar refractivity (Wildman–Crippen MR) is 125 cm³/mol. The molecule has 0 spiro atoms. The van der Waals surface area contributed by atoms with Gasteiger partial charge < -0.3 is 5.32 Å². The second-order valence-corrected chi connectivity index (χ2v) is 10.5. The van der Waals surface area contributed by atoms with Gasteiger partial charge in [-0.3, -0.25) is 9.89 Å². The smallest absolute Gasteiger partial charge is 0.243 e. The third-order valence-electron chi connectivity index (χ3n) is 4.52. The van der Waals surface area contributed by atoms with Gasteiger partial charge in [0.2, 0.25) is 21.1 Å². The molecule has 0 bridgehead atoms. The number of hydrogen-bond donors (Lipinski definition) is 2. The van der Waals surface area contributed by atoms with Crippen molar-refractivity contribution in [2.75, 3.05) is 18.8 Å². The zero-order valence-corrected chi connectivity index (χ0v) is 20.1. The topological polar surface area (TPSA) is 108 Å². The number of aromatic amines is 1. The highest BCUT2D eigenvalue weighted by Gasteiger charge is 2.27. The molecule has 0 saturated carbocycles. The van der Waals surface area contributed by atoms with Crippen molar-refractivity contribution in [1.82, 2.24) is 24.8 Å². The van der Waals surface area contributed by atoms with Crippen LogP contribution in [0, 0.1) is 13.8 Å². The number of thioether (sulfide) groups is 1. The maximum atomic E-state index is 13.3. The molecule has 3 rings (SSSR count). The van der Waals surface area contributed by atoms with Gasteiger partial charge in [-0.2, -0.15) is 4.31 Å². The Morgan fingerprint density at radius 2 is 1.88 bits per heavy atom. The fourth-order valence-electron chi connectivity index (χ4n) is 2.84. The van der Waals surface area contributed by atoms with Gasteiger partial charge >= 0.3 is 0 Å². The molecule has 0 radical (unpaired) electrons. The summed E-state index contributed by atoms with van der Waals surface area (Å²) in [6.07, 6.45) is 0. The Bertz CT molecular complexity index is 1170. The van der Waals surface area contributed by atoms with E-state index >= 15 is 0 Å². The molecule has 0 fully saturated rings. The van der Waals surface area contributed by atoms with Gasteiger partial charge in [-0.15, -0.1) is 5.10 Å². The van der Waals surface area contributed by atoms with E-state index in [0.717, 1.165) is 9.87 Å². The van der Waals surface area contributed by atoms with Crippen LogP contribution >= 0.6 is 23.4 Å². The highest BCUT2D eigenvalue weighted by Crippen LogP contribution is 2.22. The lowest BCUT2D eigenvalue weighted by atomic mass is 10.2. The van der Waals surface area contributed by atoms with Gasteiger partial charge in [-0.25, -0.2) is 13.4 Å². The van der Waals surface area contributed by atoms with E-state index in [2.05, 4.69) is 20.5 Å². The van der Waals surface area contributed by atoms with Crippen LogP contribution in [0.15, 0.2) is 58.6 Å². The van der Waals surface area contributed by atoms with Crippen molar-refractivity contribution in [3.05, 3.63) is 70.5 Å². The number of aromatic nitrogens is 3. The maximum Gasteiger partial charge on any atom is 0.243 e. The van der Waals surface area contributed by atoms with Gasteiger partial charge in [0.25, 0.3) is 0 Å². The highest BCUT2D eigenvalue weighted by molar-refractivity contribution is 7.99. The van der Waals surface area contributed by atoms with Crippen LogP contribution in [0.2, 0.25) is 5.02 Å². The number of amides is 1. The fourth-order valence-corrected chi connectivity index (χ4v) is 5.11. The van der Waals surface area contributed by atoms with Gasteiger partial charge in [0.1, 0.15) is 5.82 Å². The minimum absolute atomic E-state index is 0.0193. The van der Waals surface area contributed by atoms with E-state index in [4.69, 9.17) is 11.6 Å². The Hall–Kier alpha value is -2.40. The van der Waals surface area contributed by atoms with Crippen LogP contribution in [0.4, 0.5) is 0 Å². The molecule has 2 N–H and O–H groups in total. The zero-order valence-electron chi connectivity index (χ0n) is 17.7. The van der Waals surface area contributed by atoms with Crippen LogP contribution in [0.3, 0.4) is 0 Å². The van der Waals surface area contributed by atoms with E-state index in [1.165, 1.54) is 23.9 Å². The number of sulfonamides is 1. The number of carbonyl (C=O) groups is 1. The third kappa shape index (κ3) is 6.55. The quantitative estimate of drug-likeness (QED) is 0.332. The van der Waals surface area contributed by atoms with Crippen molar-refractivity contribution in [2.45, 2.75) is 30.4 Å². The summed E-state index contributed by atoms with van der Waals surface area (Å²) < 4.78 is 27.7. The van der Waals surface area contributed by atoms with Crippen molar-refractivity contribution in [3.8, 4) is 0 Å². The number of benzene rings is 2. The largest absolute Gasteiger partial charge is 0.354 e. The molecule has 11 heteroatoms. The number of carbonyl (C=O) groups excluding carboxylic acids is 1. The van der Waals surface area contributed by atoms with Crippen LogP contribution in [0.25, 0.3) is 0 Å². The summed E-state index contributed by atoms with van der Waals surface area (Å²) in [5.74, 6) is 0.866. The Kier molecular flexibility index (Phi) is 8.30. The summed E-state index contributed by atoms with van der Waals surface area (Å²) in [6, 6.07) is 13.5. The summed E-state index contributed by atoms with van der Waals surface area (Å²) in [7, 11) is -3.91. The summed E-state index contributed by atoms with van der Waals surface area (Å²) >= 11 is 7.64. The molecule has 170 valence electrons. The van der Waals surface area contributed by atoms with Crippen molar-refractivity contribution in [3.63, 3.8) is 0 Å². The van der Waals surface area contributed by atoms with Crippen LogP contribution < -0.4 is 5.32 Å².